The van der Waals surface area contributed by atoms with Crippen molar-refractivity contribution in [2.75, 3.05) is 0 Å². The second-order valence-corrected chi connectivity index (χ2v) is 10.0. The number of nitrogens with two attached hydrogens (primary N) is 4. The Morgan fingerprint density at radius 1 is 1.00 bits per heavy atom. The number of amidine groups is 1. The predicted octanol–water partition coefficient (Wildman–Crippen LogP) is 2.67. The van der Waals surface area contributed by atoms with E-state index in [1.165, 1.54) is 17.0 Å². The largest absolute Gasteiger partial charge is 0.478 e. The fourth-order valence-electron chi connectivity index (χ4n) is 4.63. The highest BCUT2D eigenvalue weighted by atomic mass is 16.6. The van der Waals surface area contributed by atoms with E-state index >= 15 is 0 Å². The molecule has 220 valence electrons. The van der Waals surface area contributed by atoms with Crippen LogP contribution >= 0.6 is 0 Å². The van der Waals surface area contributed by atoms with Crippen LogP contribution in [0, 0.1) is 13.8 Å². The van der Waals surface area contributed by atoms with Gasteiger partial charge in [-0.1, -0.05) is 43.0 Å². The molecule has 0 saturated carbocycles. The summed E-state index contributed by atoms with van der Waals surface area (Å²) in [7, 11) is 0. The van der Waals surface area contributed by atoms with Crippen LogP contribution in [0.4, 0.5) is 0 Å². The Morgan fingerprint density at radius 2 is 1.62 bits per heavy atom. The summed E-state index contributed by atoms with van der Waals surface area (Å²) >= 11 is 0. The Morgan fingerprint density at radius 3 is 2.17 bits per heavy atom. The highest BCUT2D eigenvalue weighted by Crippen LogP contribution is 2.23. The van der Waals surface area contributed by atoms with Gasteiger partial charge in [0.1, 0.15) is 11.4 Å². The van der Waals surface area contributed by atoms with Crippen LogP contribution < -0.4 is 27.9 Å². The number of hydrogen-bond acceptors (Lipinski definition) is 7. The van der Waals surface area contributed by atoms with Crippen LogP contribution in [0.5, 0.6) is 5.75 Å². The summed E-state index contributed by atoms with van der Waals surface area (Å²) < 4.78 is 0. The molecule has 9 N–H and O–H groups in total. The van der Waals surface area contributed by atoms with Crippen LogP contribution in [-0.4, -0.2) is 45.7 Å². The van der Waals surface area contributed by atoms with Gasteiger partial charge in [0.25, 0.3) is 0 Å². The van der Waals surface area contributed by atoms with Gasteiger partial charge in [-0.3, -0.25) is 9.59 Å². The summed E-state index contributed by atoms with van der Waals surface area (Å²) in [6, 6.07) is 15.2. The van der Waals surface area contributed by atoms with E-state index in [0.29, 0.717) is 16.8 Å². The summed E-state index contributed by atoms with van der Waals surface area (Å²) in [5.74, 6) is 3.07. The predicted molar refractivity (Wildman–Crippen MR) is 161 cm³/mol. The number of nitrogens with zero attached hydrogens (tertiary/aromatic N) is 2. The van der Waals surface area contributed by atoms with Crippen molar-refractivity contribution in [3.63, 3.8) is 0 Å². The van der Waals surface area contributed by atoms with Gasteiger partial charge in [-0.2, -0.15) is 5.90 Å². The van der Waals surface area contributed by atoms with Crippen LogP contribution in [0.25, 0.3) is 5.70 Å². The Kier molecular flexibility index (Phi) is 10.2. The van der Waals surface area contributed by atoms with Crippen molar-refractivity contribution in [3.05, 3.63) is 106 Å². The zero-order valence-electron chi connectivity index (χ0n) is 23.8. The zero-order chi connectivity index (χ0) is 31.1. The van der Waals surface area contributed by atoms with Crippen LogP contribution in [-0.2, 0) is 17.8 Å². The van der Waals surface area contributed by atoms with Gasteiger partial charge in [-0.25, -0.2) is 9.79 Å². The fourth-order valence-corrected chi connectivity index (χ4v) is 4.63. The van der Waals surface area contributed by atoms with E-state index in [9.17, 15) is 19.5 Å². The molecule has 42 heavy (non-hydrogen) atoms. The molecule has 0 aliphatic rings. The molecule has 0 aliphatic carbocycles. The molecule has 3 rings (SSSR count). The molecule has 0 aromatic heterocycles. The minimum absolute atomic E-state index is 0.0283. The number of carbonyl (C=O) groups is 3. The highest BCUT2D eigenvalue weighted by Gasteiger charge is 2.29. The van der Waals surface area contributed by atoms with Gasteiger partial charge in [0, 0.05) is 12.1 Å². The molecular weight excluding hydrogens is 536 g/mol. The molecular formula is C31H36N6O5. The number of rotatable bonds is 12. The number of carbonyl (C=O) groups excluding carboxylic acids is 2. The van der Waals surface area contributed by atoms with E-state index in [1.807, 2.05) is 44.2 Å². The highest BCUT2D eigenvalue weighted by molar-refractivity contribution is 5.95. The number of carboxylic acids is 1. The quantitative estimate of drug-likeness (QED) is 0.124. The maximum atomic E-state index is 13.9. The van der Waals surface area contributed by atoms with E-state index in [0.717, 1.165) is 22.3 Å². The zero-order valence-corrected chi connectivity index (χ0v) is 23.8. The second-order valence-electron chi connectivity index (χ2n) is 10.0. The van der Waals surface area contributed by atoms with Crippen molar-refractivity contribution in [2.45, 2.75) is 45.8 Å². The van der Waals surface area contributed by atoms with Gasteiger partial charge < -0.3 is 32.0 Å². The third-order valence-electron chi connectivity index (χ3n) is 7.03. The summed E-state index contributed by atoms with van der Waals surface area (Å²) in [6.07, 6.45) is 0.173. The van der Waals surface area contributed by atoms with Crippen molar-refractivity contribution < 1.29 is 24.3 Å². The number of amides is 2. The first-order chi connectivity index (χ1) is 19.8. The molecule has 0 spiro atoms. The van der Waals surface area contributed by atoms with Crippen LogP contribution in [0.15, 0.2) is 72.2 Å². The van der Waals surface area contributed by atoms with Gasteiger partial charge in [0.05, 0.1) is 17.8 Å². The number of aromatic carboxylic acids is 1. The average molecular weight is 573 g/mol. The lowest BCUT2D eigenvalue weighted by Gasteiger charge is -2.32. The van der Waals surface area contributed by atoms with Gasteiger partial charge in [0.15, 0.2) is 5.75 Å². The first-order valence-corrected chi connectivity index (χ1v) is 13.1. The lowest BCUT2D eigenvalue weighted by molar-refractivity contribution is -0.134. The number of primary amides is 1. The van der Waals surface area contributed by atoms with Gasteiger partial charge in [-0.05, 0) is 79.3 Å². The third-order valence-corrected chi connectivity index (χ3v) is 7.03. The molecule has 2 amide bonds. The molecule has 2 atom stereocenters. The Balaban J connectivity index is 1.98. The van der Waals surface area contributed by atoms with E-state index in [1.54, 1.807) is 25.1 Å². The number of benzene rings is 3. The van der Waals surface area contributed by atoms with Crippen LogP contribution in [0.1, 0.15) is 55.5 Å². The van der Waals surface area contributed by atoms with E-state index in [4.69, 9.17) is 23.1 Å². The molecule has 0 aliphatic heterocycles. The summed E-state index contributed by atoms with van der Waals surface area (Å²) in [5, 5.41) is 9.61. The maximum absolute atomic E-state index is 13.9. The summed E-state index contributed by atoms with van der Waals surface area (Å²) in [6.45, 7) is 9.30. The Hall–Kier alpha value is -5.00. The van der Waals surface area contributed by atoms with E-state index < -0.39 is 29.9 Å². The standard InChI is InChI=1S/C31H36N6O5/c1-17-12-23(29(34)38)13-18(2)24(17)15-26(32)30(39)37(16-21-10-11-27(42-35)25(14-21)31(40)41)20(4)28(33)36-19(3)22-8-6-5-7-9-22/h5-14,20,26H,3,15-16,32,35H2,1-2,4H3,(H2,33,36)(H2,34,38)(H,40,41)/t20-,26-/m0/s1. The minimum Gasteiger partial charge on any atom is -0.478 e. The molecule has 0 heterocycles. The smallest absolute Gasteiger partial charge is 0.339 e. The Labute approximate surface area is 244 Å². The van der Waals surface area contributed by atoms with Crippen molar-refractivity contribution in [1.29, 1.82) is 0 Å². The Bertz CT molecular complexity index is 1510. The number of aryl methyl sites for hydroxylation is 2. The van der Waals surface area contributed by atoms with Crippen molar-refractivity contribution in [3.8, 4) is 5.75 Å². The van der Waals surface area contributed by atoms with E-state index in [-0.39, 0.29) is 30.1 Å². The maximum Gasteiger partial charge on any atom is 0.339 e. The number of carboxylic acid groups (broad SMARTS) is 1. The van der Waals surface area contributed by atoms with Gasteiger partial charge >= 0.3 is 5.97 Å². The molecule has 0 bridgehead atoms. The third kappa shape index (κ3) is 7.39. The molecule has 3 aromatic carbocycles. The van der Waals surface area contributed by atoms with Crippen molar-refractivity contribution in [1.82, 2.24) is 4.90 Å². The monoisotopic (exact) mass is 572 g/mol. The molecule has 0 saturated heterocycles. The first-order valence-electron chi connectivity index (χ1n) is 13.1. The lowest BCUT2D eigenvalue weighted by Crippen LogP contribution is -2.52. The summed E-state index contributed by atoms with van der Waals surface area (Å²) in [5.41, 5.74) is 22.5. The number of hydrogen-bond donors (Lipinski definition) is 5. The SMILES string of the molecule is C=C(/N=C(\N)[C@H](C)N(Cc1ccc(ON)c(C(=O)O)c1)C(=O)[C@@H](N)Cc1c(C)cc(C(N)=O)cc1C)c1ccccc1. The molecule has 0 radical (unpaired) electrons. The molecule has 11 heteroatoms. The van der Waals surface area contributed by atoms with E-state index in [2.05, 4.69) is 16.4 Å². The van der Waals surface area contributed by atoms with Gasteiger partial charge in [0.2, 0.25) is 11.8 Å². The lowest BCUT2D eigenvalue weighted by atomic mass is 9.93. The van der Waals surface area contributed by atoms with Crippen LogP contribution in [0.3, 0.4) is 0 Å². The van der Waals surface area contributed by atoms with Crippen molar-refractivity contribution >= 4 is 29.3 Å². The molecule has 3 aromatic rings. The molecule has 0 fully saturated rings. The normalized spacial score (nSPS) is 12.7. The fraction of sp³-hybridized carbons (Fsp3) is 0.226. The van der Waals surface area contributed by atoms with Crippen LogP contribution in [0.2, 0.25) is 0 Å². The average Bonchev–Trinajstić information content (AvgIpc) is 2.96. The second kappa shape index (κ2) is 13.6. The summed E-state index contributed by atoms with van der Waals surface area (Å²) in [4.78, 5) is 48.0. The van der Waals surface area contributed by atoms with Crippen molar-refractivity contribution in [2.24, 2.45) is 28.1 Å². The van der Waals surface area contributed by atoms with Gasteiger partial charge in [-0.15, -0.1) is 0 Å². The molecule has 0 unspecified atom stereocenters. The minimum atomic E-state index is -1.24. The molecule has 11 nitrogen and oxygen atoms in total. The topological polar surface area (TPSA) is 200 Å². The number of aliphatic imine (C=N–C) groups is 1. The first kappa shape index (κ1) is 31.5.